The van der Waals surface area contributed by atoms with Crippen LogP contribution in [0.1, 0.15) is 6.23 Å². The highest BCUT2D eigenvalue weighted by Gasteiger charge is 2.52. The molecule has 24 heavy (non-hydrogen) atoms. The van der Waals surface area contributed by atoms with Crippen molar-refractivity contribution in [2.24, 2.45) is 0 Å². The molecule has 0 amide bonds. The molecule has 1 unspecified atom stereocenters. The number of hydrogen-bond acceptors (Lipinski definition) is 7. The highest BCUT2D eigenvalue weighted by molar-refractivity contribution is 6.78. The van der Waals surface area contributed by atoms with E-state index in [0.29, 0.717) is 0 Å². The van der Waals surface area contributed by atoms with E-state index in [1.165, 1.54) is 6.20 Å². The van der Waals surface area contributed by atoms with Gasteiger partial charge in [-0.15, -0.1) is 0 Å². The van der Waals surface area contributed by atoms with E-state index in [9.17, 15) is 14.4 Å². The maximum atomic E-state index is 12.7. The summed E-state index contributed by atoms with van der Waals surface area (Å²) in [5, 5.41) is 0. The molecule has 3 rings (SSSR count). The van der Waals surface area contributed by atoms with E-state index in [1.807, 2.05) is 26.2 Å². The fraction of sp³-hybridized carbons (Fsp3) is 0.615. The molecule has 9 nitrogen and oxygen atoms in total. The van der Waals surface area contributed by atoms with Crippen molar-refractivity contribution >= 4 is 22.9 Å². The Hall–Kier alpha value is -1.38. The van der Waals surface area contributed by atoms with Crippen LogP contribution >= 0.6 is 0 Å². The number of hydrogen-bond donors (Lipinski definition) is 1. The number of ether oxygens (including phenoxy) is 1. The van der Waals surface area contributed by atoms with Crippen LogP contribution in [0.3, 0.4) is 0 Å². The number of aromatic nitrogens is 2. The van der Waals surface area contributed by atoms with Crippen molar-refractivity contribution in [3.63, 3.8) is 0 Å². The topological polar surface area (TPSA) is 109 Å². The van der Waals surface area contributed by atoms with Gasteiger partial charge in [0.1, 0.15) is 12.2 Å². The van der Waals surface area contributed by atoms with Crippen molar-refractivity contribution in [2.45, 2.75) is 44.6 Å². The lowest BCUT2D eigenvalue weighted by molar-refractivity contribution is -0.130. The number of aromatic amines is 1. The van der Waals surface area contributed by atoms with Gasteiger partial charge in [-0.25, -0.2) is 4.79 Å². The lowest BCUT2D eigenvalue weighted by Crippen LogP contribution is -2.56. The summed E-state index contributed by atoms with van der Waals surface area (Å²) in [5.74, 6) is -0.386. The van der Waals surface area contributed by atoms with Crippen molar-refractivity contribution in [1.29, 1.82) is 0 Å². The third kappa shape index (κ3) is 3.36. The normalized spacial score (nSPS) is 32.0. The summed E-state index contributed by atoms with van der Waals surface area (Å²) in [7, 11) is -4.98. The Bertz CT molecular complexity index is 772. The molecule has 1 aromatic heterocycles. The maximum Gasteiger partial charge on any atom is 0.330 e. The van der Waals surface area contributed by atoms with E-state index in [-0.39, 0.29) is 12.4 Å². The number of nitrogens with zero attached hydrogens (tertiary/aromatic N) is 1. The number of rotatable bonds is 1. The SMILES string of the molecule is C[Si]1(C)OC[C@H]2OC(n3ccc(=O)[nH]c3=O)C(=O)[C@@H]2O[Si](C)(C)O1. The molecule has 1 aromatic rings. The molecular weight excluding hydrogens is 352 g/mol. The van der Waals surface area contributed by atoms with E-state index in [0.717, 1.165) is 10.6 Å². The smallest absolute Gasteiger partial charge is 0.330 e. The number of nitrogens with one attached hydrogen (secondary N) is 1. The first kappa shape index (κ1) is 17.4. The molecule has 3 atom stereocenters. The van der Waals surface area contributed by atoms with Crippen molar-refractivity contribution < 1.29 is 22.5 Å². The van der Waals surface area contributed by atoms with Crippen LogP contribution in [0.25, 0.3) is 0 Å². The molecule has 132 valence electrons. The van der Waals surface area contributed by atoms with Crippen molar-refractivity contribution in [2.75, 3.05) is 6.61 Å². The predicted molar refractivity (Wildman–Crippen MR) is 87.1 cm³/mol. The average molecular weight is 372 g/mol. The predicted octanol–water partition coefficient (Wildman–Crippen LogP) is -0.161. The second-order valence-electron chi connectivity index (χ2n) is 6.70. The second kappa shape index (κ2) is 5.86. The van der Waals surface area contributed by atoms with Crippen LogP contribution in [-0.4, -0.2) is 51.3 Å². The fourth-order valence-corrected chi connectivity index (χ4v) is 9.55. The van der Waals surface area contributed by atoms with Crippen LogP contribution in [0.15, 0.2) is 21.9 Å². The number of ketones is 1. The first-order valence-corrected chi connectivity index (χ1v) is 13.2. The third-order valence-electron chi connectivity index (χ3n) is 3.77. The zero-order chi connectivity index (χ0) is 17.7. The monoisotopic (exact) mass is 372 g/mol. The van der Waals surface area contributed by atoms with E-state index in [2.05, 4.69) is 4.98 Å². The second-order valence-corrected chi connectivity index (χ2v) is 13.6. The van der Waals surface area contributed by atoms with Gasteiger partial charge in [0.25, 0.3) is 5.56 Å². The lowest BCUT2D eigenvalue weighted by Gasteiger charge is -2.38. The Morgan fingerprint density at radius 2 is 1.88 bits per heavy atom. The first-order chi connectivity index (χ1) is 11.1. The summed E-state index contributed by atoms with van der Waals surface area (Å²) >= 11 is 0. The van der Waals surface area contributed by atoms with Gasteiger partial charge >= 0.3 is 22.8 Å². The van der Waals surface area contributed by atoms with Crippen LogP contribution in [0.5, 0.6) is 0 Å². The first-order valence-electron chi connectivity index (χ1n) is 7.61. The van der Waals surface area contributed by atoms with E-state index < -0.39 is 46.8 Å². The molecule has 2 aliphatic rings. The Labute approximate surface area is 140 Å². The number of fused-ring (bicyclic) bond motifs is 1. The third-order valence-corrected chi connectivity index (χ3v) is 9.38. The van der Waals surface area contributed by atoms with Crippen LogP contribution in [0.4, 0.5) is 0 Å². The minimum absolute atomic E-state index is 0.148. The average Bonchev–Trinajstić information content (AvgIpc) is 2.71. The number of carbonyl (C=O) groups excluding carboxylic acids is 1. The molecule has 0 bridgehead atoms. The zero-order valence-electron chi connectivity index (χ0n) is 13.9. The minimum Gasteiger partial charge on any atom is -0.415 e. The van der Waals surface area contributed by atoms with Gasteiger partial charge in [0.05, 0.1) is 6.61 Å². The summed E-state index contributed by atoms with van der Waals surface area (Å²) in [5.41, 5.74) is -1.25. The summed E-state index contributed by atoms with van der Waals surface area (Å²) in [6.07, 6.45) is -1.40. The molecule has 3 heterocycles. The molecule has 0 spiro atoms. The summed E-state index contributed by atoms with van der Waals surface area (Å²) < 4.78 is 24.6. The van der Waals surface area contributed by atoms with Gasteiger partial charge in [0.15, 0.2) is 6.23 Å². The van der Waals surface area contributed by atoms with Gasteiger partial charge in [0, 0.05) is 12.3 Å². The molecular formula is C13H20N2O7Si2. The fourth-order valence-electron chi connectivity index (χ4n) is 2.94. The van der Waals surface area contributed by atoms with Crippen molar-refractivity contribution in [3.8, 4) is 0 Å². The molecule has 2 saturated heterocycles. The van der Waals surface area contributed by atoms with Crippen molar-refractivity contribution in [3.05, 3.63) is 33.1 Å². The summed E-state index contributed by atoms with van der Waals surface area (Å²) in [6, 6.07) is 1.16. The van der Waals surface area contributed by atoms with E-state index in [4.69, 9.17) is 17.7 Å². The molecule has 0 aliphatic carbocycles. The van der Waals surface area contributed by atoms with E-state index >= 15 is 0 Å². The number of H-pyrrole nitrogens is 1. The molecule has 0 aromatic carbocycles. The molecule has 11 heteroatoms. The Morgan fingerprint density at radius 1 is 1.17 bits per heavy atom. The standard InChI is InChI=1S/C13H20N2O7Si2/c1-23(2)19-7-8-11(21-24(3,4)22-23)10(17)12(20-8)15-6-5-9(16)14-13(15)18/h5-6,8,11-12H,7H2,1-4H3,(H,14,16,18)/t8-,11-,12?/m1/s1. The number of Topliss-reactive ketones (excluding diaryl/α,β-unsaturated/α-hetero) is 1. The van der Waals surface area contributed by atoms with Gasteiger partial charge in [0.2, 0.25) is 5.78 Å². The van der Waals surface area contributed by atoms with Crippen LogP contribution in [0.2, 0.25) is 26.2 Å². The van der Waals surface area contributed by atoms with Gasteiger partial charge in [-0.3, -0.25) is 19.1 Å². The van der Waals surface area contributed by atoms with Crippen LogP contribution < -0.4 is 11.2 Å². The molecule has 2 aliphatic heterocycles. The van der Waals surface area contributed by atoms with E-state index in [1.54, 1.807) is 0 Å². The molecule has 1 N–H and O–H groups in total. The van der Waals surface area contributed by atoms with Gasteiger partial charge in [-0.2, -0.15) is 0 Å². The summed E-state index contributed by atoms with van der Waals surface area (Å²) in [4.78, 5) is 38.0. The molecule has 0 saturated carbocycles. The van der Waals surface area contributed by atoms with Gasteiger partial charge < -0.3 is 17.7 Å². The number of carbonyl (C=O) groups is 1. The van der Waals surface area contributed by atoms with Crippen LogP contribution in [0, 0.1) is 0 Å². The van der Waals surface area contributed by atoms with Crippen LogP contribution in [-0.2, 0) is 22.5 Å². The summed E-state index contributed by atoms with van der Waals surface area (Å²) in [6.45, 7) is 7.66. The zero-order valence-corrected chi connectivity index (χ0v) is 15.9. The highest BCUT2D eigenvalue weighted by Crippen LogP contribution is 2.32. The Kier molecular flexibility index (Phi) is 4.26. The maximum absolute atomic E-state index is 12.7. The van der Waals surface area contributed by atoms with Gasteiger partial charge in [-0.05, 0) is 26.2 Å². The highest BCUT2D eigenvalue weighted by atomic mass is 28.5. The quantitative estimate of drug-likeness (QED) is 0.682. The molecule has 0 radical (unpaired) electrons. The minimum atomic E-state index is -2.60. The lowest BCUT2D eigenvalue weighted by atomic mass is 10.1. The van der Waals surface area contributed by atoms with Crippen molar-refractivity contribution in [1.82, 2.24) is 9.55 Å². The Morgan fingerprint density at radius 3 is 2.54 bits per heavy atom. The van der Waals surface area contributed by atoms with Gasteiger partial charge in [-0.1, -0.05) is 0 Å². The largest absolute Gasteiger partial charge is 0.415 e. The Balaban J connectivity index is 1.92. The molecule has 2 fully saturated rings.